The number of benzene rings is 1. The van der Waals surface area contributed by atoms with E-state index in [9.17, 15) is 5.11 Å². The van der Waals surface area contributed by atoms with Gasteiger partial charge in [-0.15, -0.1) is 0 Å². The van der Waals surface area contributed by atoms with E-state index in [1.54, 1.807) is 0 Å². The third-order valence-electron chi connectivity index (χ3n) is 2.52. The van der Waals surface area contributed by atoms with Crippen LogP contribution < -0.4 is 4.74 Å². The first-order chi connectivity index (χ1) is 8.27. The lowest BCUT2D eigenvalue weighted by molar-refractivity contribution is 0.114. The molecule has 0 radical (unpaired) electrons. The Morgan fingerprint density at radius 3 is 2.76 bits per heavy atom. The highest BCUT2D eigenvalue weighted by molar-refractivity contribution is 5.29. The van der Waals surface area contributed by atoms with Crippen LogP contribution >= 0.6 is 0 Å². The molecule has 0 saturated carbocycles. The van der Waals surface area contributed by atoms with Gasteiger partial charge in [-0.1, -0.05) is 12.1 Å². The molecule has 0 bridgehead atoms. The summed E-state index contributed by atoms with van der Waals surface area (Å²) < 4.78 is 10.7. The zero-order valence-electron chi connectivity index (χ0n) is 10.7. The first-order valence-electron chi connectivity index (χ1n) is 6.26. The van der Waals surface area contributed by atoms with Crippen LogP contribution in [-0.2, 0) is 4.74 Å². The van der Waals surface area contributed by atoms with Crippen molar-refractivity contribution < 1.29 is 14.6 Å². The van der Waals surface area contributed by atoms with Gasteiger partial charge in [-0.2, -0.15) is 0 Å². The zero-order chi connectivity index (χ0) is 12.5. The number of aliphatic hydroxyl groups excluding tert-OH is 1. The Balaban J connectivity index is 2.44. The minimum atomic E-state index is -0.434. The number of ether oxygens (including phenoxy) is 2. The summed E-state index contributed by atoms with van der Waals surface area (Å²) in [6.45, 7) is 6.01. The molecule has 0 aromatic heterocycles. The molecule has 0 amide bonds. The quantitative estimate of drug-likeness (QED) is 0.708. The molecule has 0 fully saturated rings. The average Bonchev–Trinajstić information content (AvgIpc) is 2.35. The monoisotopic (exact) mass is 238 g/mol. The average molecular weight is 238 g/mol. The van der Waals surface area contributed by atoms with Crippen molar-refractivity contribution in [2.75, 3.05) is 19.8 Å². The number of aliphatic hydroxyl groups is 1. The van der Waals surface area contributed by atoms with Gasteiger partial charge in [0.25, 0.3) is 0 Å². The second kappa shape index (κ2) is 8.09. The molecule has 3 nitrogen and oxygen atoms in total. The minimum absolute atomic E-state index is 0.434. The van der Waals surface area contributed by atoms with Crippen molar-refractivity contribution in [3.05, 3.63) is 29.8 Å². The van der Waals surface area contributed by atoms with E-state index in [2.05, 4.69) is 0 Å². The van der Waals surface area contributed by atoms with Gasteiger partial charge in [-0.05, 0) is 44.4 Å². The summed E-state index contributed by atoms with van der Waals surface area (Å²) >= 11 is 0. The molecule has 0 saturated heterocycles. The first kappa shape index (κ1) is 14.0. The molecule has 0 aliphatic carbocycles. The van der Waals surface area contributed by atoms with Crippen molar-refractivity contribution in [1.29, 1.82) is 0 Å². The van der Waals surface area contributed by atoms with E-state index in [1.807, 2.05) is 38.1 Å². The summed E-state index contributed by atoms with van der Waals surface area (Å²) in [6, 6.07) is 7.63. The van der Waals surface area contributed by atoms with E-state index in [1.165, 1.54) is 0 Å². The van der Waals surface area contributed by atoms with Crippen LogP contribution in [0.25, 0.3) is 0 Å². The predicted molar refractivity (Wildman–Crippen MR) is 68.3 cm³/mol. The molecule has 1 aromatic carbocycles. The zero-order valence-corrected chi connectivity index (χ0v) is 10.7. The van der Waals surface area contributed by atoms with Crippen molar-refractivity contribution in [3.8, 4) is 5.75 Å². The molecule has 1 atom stereocenters. The highest BCUT2D eigenvalue weighted by Gasteiger charge is 2.08. The summed E-state index contributed by atoms with van der Waals surface area (Å²) in [5.74, 6) is 0.814. The van der Waals surface area contributed by atoms with E-state index >= 15 is 0 Å². The Hall–Kier alpha value is -1.06. The third-order valence-corrected chi connectivity index (χ3v) is 2.52. The lowest BCUT2D eigenvalue weighted by Crippen LogP contribution is -2.01. The molecule has 0 spiro atoms. The number of hydrogen-bond acceptors (Lipinski definition) is 3. The maximum atomic E-state index is 10.0. The van der Waals surface area contributed by atoms with Crippen LogP contribution in [0.3, 0.4) is 0 Å². The van der Waals surface area contributed by atoms with E-state index in [0.717, 1.165) is 30.8 Å². The van der Waals surface area contributed by atoms with Crippen molar-refractivity contribution >= 4 is 0 Å². The van der Waals surface area contributed by atoms with Crippen molar-refractivity contribution in [2.24, 2.45) is 0 Å². The van der Waals surface area contributed by atoms with Gasteiger partial charge >= 0.3 is 0 Å². The van der Waals surface area contributed by atoms with Crippen LogP contribution in [-0.4, -0.2) is 24.9 Å². The summed E-state index contributed by atoms with van der Waals surface area (Å²) in [5.41, 5.74) is 0.910. The van der Waals surface area contributed by atoms with Gasteiger partial charge in [0.15, 0.2) is 0 Å². The van der Waals surface area contributed by atoms with Crippen LogP contribution in [0, 0.1) is 0 Å². The van der Waals surface area contributed by atoms with Crippen molar-refractivity contribution in [3.63, 3.8) is 0 Å². The third kappa shape index (κ3) is 5.20. The van der Waals surface area contributed by atoms with Gasteiger partial charge in [0.1, 0.15) is 5.75 Å². The van der Waals surface area contributed by atoms with Crippen LogP contribution in [0.1, 0.15) is 38.4 Å². The highest BCUT2D eigenvalue weighted by Crippen LogP contribution is 2.22. The van der Waals surface area contributed by atoms with Crippen molar-refractivity contribution in [2.45, 2.75) is 32.8 Å². The topological polar surface area (TPSA) is 38.7 Å². The largest absolute Gasteiger partial charge is 0.494 e. The maximum absolute atomic E-state index is 10.0. The standard InChI is InChI=1S/C14H22O3/c1-3-16-10-6-9-14(15)12-7-5-8-13(11-12)17-4-2/h5,7-8,11,14-15H,3-4,6,9-10H2,1-2H3. The SMILES string of the molecule is CCOCCCC(O)c1cccc(OCC)c1. The molecule has 1 unspecified atom stereocenters. The summed E-state index contributed by atoms with van der Waals surface area (Å²) in [4.78, 5) is 0. The molecular formula is C14H22O3. The Bertz CT molecular complexity index is 312. The lowest BCUT2D eigenvalue weighted by atomic mass is 10.1. The molecule has 1 rings (SSSR count). The van der Waals surface area contributed by atoms with Gasteiger partial charge in [0.05, 0.1) is 12.7 Å². The van der Waals surface area contributed by atoms with E-state index < -0.39 is 6.10 Å². The number of hydrogen-bond donors (Lipinski definition) is 1. The molecule has 3 heteroatoms. The second-order valence-electron chi connectivity index (χ2n) is 3.86. The summed E-state index contributed by atoms with van der Waals surface area (Å²) in [6.07, 6.45) is 1.15. The van der Waals surface area contributed by atoms with Crippen molar-refractivity contribution in [1.82, 2.24) is 0 Å². The second-order valence-corrected chi connectivity index (χ2v) is 3.86. The molecule has 0 aliphatic rings. The molecule has 0 aliphatic heterocycles. The Labute approximate surface area is 103 Å². The minimum Gasteiger partial charge on any atom is -0.494 e. The summed E-state index contributed by atoms with van der Waals surface area (Å²) in [5, 5.41) is 10.0. The Morgan fingerprint density at radius 1 is 1.24 bits per heavy atom. The van der Waals surface area contributed by atoms with E-state index in [4.69, 9.17) is 9.47 Å². The van der Waals surface area contributed by atoms with Crippen LogP contribution in [0.2, 0.25) is 0 Å². The first-order valence-corrected chi connectivity index (χ1v) is 6.26. The van der Waals surface area contributed by atoms with Gasteiger partial charge in [0, 0.05) is 13.2 Å². The van der Waals surface area contributed by atoms with Gasteiger partial charge in [0.2, 0.25) is 0 Å². The fourth-order valence-corrected chi connectivity index (χ4v) is 1.67. The van der Waals surface area contributed by atoms with E-state index in [0.29, 0.717) is 13.2 Å². The molecule has 0 heterocycles. The van der Waals surface area contributed by atoms with E-state index in [-0.39, 0.29) is 0 Å². The van der Waals surface area contributed by atoms with Gasteiger partial charge in [-0.25, -0.2) is 0 Å². The maximum Gasteiger partial charge on any atom is 0.119 e. The normalized spacial score (nSPS) is 12.4. The number of rotatable bonds is 8. The van der Waals surface area contributed by atoms with Gasteiger partial charge in [-0.3, -0.25) is 0 Å². The smallest absolute Gasteiger partial charge is 0.119 e. The molecule has 17 heavy (non-hydrogen) atoms. The molecular weight excluding hydrogens is 216 g/mol. The summed E-state index contributed by atoms with van der Waals surface area (Å²) in [7, 11) is 0. The fraction of sp³-hybridized carbons (Fsp3) is 0.571. The van der Waals surface area contributed by atoms with Gasteiger partial charge < -0.3 is 14.6 Å². The Kier molecular flexibility index (Phi) is 6.67. The van der Waals surface area contributed by atoms with Crippen LogP contribution in [0.4, 0.5) is 0 Å². The fourth-order valence-electron chi connectivity index (χ4n) is 1.67. The Morgan fingerprint density at radius 2 is 2.06 bits per heavy atom. The predicted octanol–water partition coefficient (Wildman–Crippen LogP) is 2.94. The molecule has 96 valence electrons. The lowest BCUT2D eigenvalue weighted by Gasteiger charge is -2.12. The van der Waals surface area contributed by atoms with Crippen LogP contribution in [0.15, 0.2) is 24.3 Å². The molecule has 1 N–H and O–H groups in total. The highest BCUT2D eigenvalue weighted by atomic mass is 16.5. The molecule has 1 aromatic rings. The van der Waals surface area contributed by atoms with Crippen LogP contribution in [0.5, 0.6) is 5.75 Å².